The van der Waals surface area contributed by atoms with Crippen molar-refractivity contribution in [2.24, 2.45) is 0 Å². The van der Waals surface area contributed by atoms with Gasteiger partial charge in [0.25, 0.3) is 11.1 Å². The van der Waals surface area contributed by atoms with Crippen molar-refractivity contribution >= 4 is 46.3 Å². The number of methoxy groups -OCH3 is 1. The summed E-state index contributed by atoms with van der Waals surface area (Å²) >= 11 is 6.84. The van der Waals surface area contributed by atoms with Crippen molar-refractivity contribution in [1.82, 2.24) is 0 Å². The molecule has 2 aromatic carbocycles. The number of thioether (sulfide) groups is 1. The number of carbonyl (C=O) groups excluding carboxylic acids is 2. The number of imide groups is 1. The molecular formula is C17H12ClNO3S. The second-order valence-electron chi connectivity index (χ2n) is 4.77. The van der Waals surface area contributed by atoms with Crippen LogP contribution in [0.2, 0.25) is 5.02 Å². The van der Waals surface area contributed by atoms with Gasteiger partial charge in [-0.05, 0) is 53.7 Å². The van der Waals surface area contributed by atoms with Gasteiger partial charge in [0.1, 0.15) is 5.75 Å². The van der Waals surface area contributed by atoms with Crippen LogP contribution in [0.4, 0.5) is 10.5 Å². The van der Waals surface area contributed by atoms with Crippen LogP contribution in [0, 0.1) is 0 Å². The number of halogens is 1. The predicted octanol–water partition coefficient (Wildman–Crippen LogP) is 4.59. The van der Waals surface area contributed by atoms with Crippen molar-refractivity contribution in [3.63, 3.8) is 0 Å². The van der Waals surface area contributed by atoms with E-state index in [1.807, 2.05) is 12.1 Å². The van der Waals surface area contributed by atoms with Crippen molar-refractivity contribution in [2.75, 3.05) is 12.0 Å². The standard InChI is InChI=1S/C17H12ClNO3S/c1-22-14-7-5-11(6-8-14)9-15-16(20)19(17(21)23-15)13-4-2-3-12(18)10-13/h2-10H,1H3/b15-9+. The molecule has 1 aliphatic rings. The summed E-state index contributed by atoms with van der Waals surface area (Å²) in [7, 11) is 1.59. The molecule has 0 aliphatic carbocycles. The molecule has 2 amide bonds. The Labute approximate surface area is 142 Å². The molecule has 1 heterocycles. The molecule has 0 spiro atoms. The Bertz CT molecular complexity index is 802. The normalized spacial score (nSPS) is 16.3. The van der Waals surface area contributed by atoms with Crippen LogP contribution in [0.1, 0.15) is 5.56 Å². The number of ether oxygens (including phenoxy) is 1. The molecule has 0 N–H and O–H groups in total. The minimum atomic E-state index is -0.349. The van der Waals surface area contributed by atoms with Crippen LogP contribution in [0.25, 0.3) is 6.08 Å². The second-order valence-corrected chi connectivity index (χ2v) is 6.20. The molecular weight excluding hydrogens is 334 g/mol. The Hall–Kier alpha value is -2.24. The van der Waals surface area contributed by atoms with Gasteiger partial charge >= 0.3 is 0 Å². The fourth-order valence-corrected chi connectivity index (χ4v) is 3.18. The molecule has 6 heteroatoms. The van der Waals surface area contributed by atoms with Gasteiger partial charge in [-0.3, -0.25) is 9.59 Å². The summed E-state index contributed by atoms with van der Waals surface area (Å²) in [6, 6.07) is 13.9. The first-order chi connectivity index (χ1) is 11.1. The first-order valence-electron chi connectivity index (χ1n) is 6.76. The van der Waals surface area contributed by atoms with Gasteiger partial charge in [0.05, 0.1) is 17.7 Å². The van der Waals surface area contributed by atoms with Crippen LogP contribution >= 0.6 is 23.4 Å². The van der Waals surface area contributed by atoms with E-state index in [9.17, 15) is 9.59 Å². The zero-order valence-corrected chi connectivity index (χ0v) is 13.7. The Kier molecular flexibility index (Phi) is 4.41. The smallest absolute Gasteiger partial charge is 0.298 e. The van der Waals surface area contributed by atoms with Crippen molar-refractivity contribution in [2.45, 2.75) is 0 Å². The molecule has 0 saturated carbocycles. The molecule has 1 saturated heterocycles. The van der Waals surface area contributed by atoms with Crippen LogP contribution in [0.15, 0.2) is 53.4 Å². The summed E-state index contributed by atoms with van der Waals surface area (Å²) in [4.78, 5) is 26.2. The van der Waals surface area contributed by atoms with E-state index in [1.165, 1.54) is 0 Å². The third-order valence-electron chi connectivity index (χ3n) is 3.27. The number of hydrogen-bond donors (Lipinski definition) is 0. The third-order valence-corrected chi connectivity index (χ3v) is 4.38. The van der Waals surface area contributed by atoms with Crippen molar-refractivity contribution in [3.8, 4) is 5.75 Å². The van der Waals surface area contributed by atoms with Gasteiger partial charge in [-0.25, -0.2) is 4.90 Å². The molecule has 0 unspecified atom stereocenters. The monoisotopic (exact) mass is 345 g/mol. The van der Waals surface area contributed by atoms with E-state index in [0.717, 1.165) is 28.0 Å². The number of anilines is 1. The number of hydrogen-bond acceptors (Lipinski definition) is 4. The minimum absolute atomic E-state index is 0.336. The molecule has 23 heavy (non-hydrogen) atoms. The molecule has 116 valence electrons. The van der Waals surface area contributed by atoms with Gasteiger partial charge < -0.3 is 4.74 Å². The summed E-state index contributed by atoms with van der Waals surface area (Å²) in [5.74, 6) is 0.382. The highest BCUT2D eigenvalue weighted by Crippen LogP contribution is 2.36. The van der Waals surface area contributed by atoms with Gasteiger partial charge in [0, 0.05) is 5.02 Å². The van der Waals surface area contributed by atoms with Crippen LogP contribution in [-0.2, 0) is 4.79 Å². The highest BCUT2D eigenvalue weighted by atomic mass is 35.5. The number of carbonyl (C=O) groups is 2. The van der Waals surface area contributed by atoms with Gasteiger partial charge in [0.2, 0.25) is 0 Å². The fourth-order valence-electron chi connectivity index (χ4n) is 2.16. The van der Waals surface area contributed by atoms with E-state index >= 15 is 0 Å². The SMILES string of the molecule is COc1ccc(/C=C2/SC(=O)N(c3cccc(Cl)c3)C2=O)cc1. The van der Waals surface area contributed by atoms with Crippen LogP contribution in [-0.4, -0.2) is 18.3 Å². The average molecular weight is 346 g/mol. The third kappa shape index (κ3) is 3.25. The number of amides is 2. The molecule has 3 rings (SSSR count). The highest BCUT2D eigenvalue weighted by Gasteiger charge is 2.36. The molecule has 1 aliphatic heterocycles. The van der Waals surface area contributed by atoms with Crippen LogP contribution in [0.5, 0.6) is 5.75 Å². The predicted molar refractivity (Wildman–Crippen MR) is 92.9 cm³/mol. The van der Waals surface area contributed by atoms with E-state index in [0.29, 0.717) is 15.6 Å². The van der Waals surface area contributed by atoms with E-state index in [4.69, 9.17) is 16.3 Å². The topological polar surface area (TPSA) is 46.6 Å². The molecule has 0 radical (unpaired) electrons. The maximum Gasteiger partial charge on any atom is 0.298 e. The Morgan fingerprint density at radius 3 is 2.52 bits per heavy atom. The molecule has 0 bridgehead atoms. The van der Waals surface area contributed by atoms with Crippen molar-refractivity contribution in [3.05, 3.63) is 64.0 Å². The zero-order valence-electron chi connectivity index (χ0n) is 12.2. The highest BCUT2D eigenvalue weighted by molar-refractivity contribution is 8.19. The number of rotatable bonds is 3. The molecule has 0 aromatic heterocycles. The van der Waals surface area contributed by atoms with Crippen LogP contribution < -0.4 is 9.64 Å². The number of nitrogens with zero attached hydrogens (tertiary/aromatic N) is 1. The molecule has 2 aromatic rings. The Balaban J connectivity index is 1.89. The second kappa shape index (κ2) is 6.48. The fraction of sp³-hybridized carbons (Fsp3) is 0.0588. The van der Waals surface area contributed by atoms with Gasteiger partial charge in [-0.1, -0.05) is 29.8 Å². The maximum atomic E-state index is 12.5. The van der Waals surface area contributed by atoms with Crippen molar-refractivity contribution in [1.29, 1.82) is 0 Å². The van der Waals surface area contributed by atoms with Gasteiger partial charge in [-0.15, -0.1) is 0 Å². The molecule has 4 nitrogen and oxygen atoms in total. The Morgan fingerprint density at radius 1 is 1.13 bits per heavy atom. The van der Waals surface area contributed by atoms with Gasteiger partial charge in [-0.2, -0.15) is 0 Å². The minimum Gasteiger partial charge on any atom is -0.497 e. The average Bonchev–Trinajstić information content (AvgIpc) is 2.82. The Morgan fingerprint density at radius 2 is 1.87 bits per heavy atom. The summed E-state index contributed by atoms with van der Waals surface area (Å²) < 4.78 is 5.10. The lowest BCUT2D eigenvalue weighted by molar-refractivity contribution is -0.113. The first kappa shape index (κ1) is 15.6. The number of benzene rings is 2. The lowest BCUT2D eigenvalue weighted by Crippen LogP contribution is -2.27. The molecule has 0 atom stereocenters. The summed E-state index contributed by atoms with van der Waals surface area (Å²) in [6.45, 7) is 0. The van der Waals surface area contributed by atoms with Crippen molar-refractivity contribution < 1.29 is 14.3 Å². The summed E-state index contributed by atoms with van der Waals surface area (Å²) in [6.07, 6.45) is 1.69. The lowest BCUT2D eigenvalue weighted by atomic mass is 10.2. The van der Waals surface area contributed by atoms with Gasteiger partial charge in [0.15, 0.2) is 0 Å². The summed E-state index contributed by atoms with van der Waals surface area (Å²) in [5.41, 5.74) is 1.29. The largest absolute Gasteiger partial charge is 0.497 e. The quantitative estimate of drug-likeness (QED) is 0.763. The van der Waals surface area contributed by atoms with E-state index < -0.39 is 0 Å². The van der Waals surface area contributed by atoms with E-state index in [1.54, 1.807) is 49.6 Å². The summed E-state index contributed by atoms with van der Waals surface area (Å²) in [5, 5.41) is 0.137. The van der Waals surface area contributed by atoms with E-state index in [-0.39, 0.29) is 11.1 Å². The zero-order chi connectivity index (χ0) is 16.4. The first-order valence-corrected chi connectivity index (χ1v) is 7.95. The van der Waals surface area contributed by atoms with E-state index in [2.05, 4.69) is 0 Å². The molecule has 1 fully saturated rings. The lowest BCUT2D eigenvalue weighted by Gasteiger charge is -2.12. The maximum absolute atomic E-state index is 12.5. The van der Waals surface area contributed by atoms with Crippen LogP contribution in [0.3, 0.4) is 0 Å².